The number of rotatable bonds is 6. The number of carbonyl (C=O) groups excluding carboxylic acids is 3. The summed E-state index contributed by atoms with van der Waals surface area (Å²) in [5, 5.41) is 6.87. The van der Waals surface area contributed by atoms with Crippen LogP contribution in [0.5, 0.6) is 0 Å². The Hall–Kier alpha value is -3.23. The van der Waals surface area contributed by atoms with Gasteiger partial charge in [-0.3, -0.25) is 19.3 Å². The molecule has 3 aromatic rings. The van der Waals surface area contributed by atoms with Gasteiger partial charge in [-0.15, -0.1) is 0 Å². The van der Waals surface area contributed by atoms with Crippen LogP contribution < -0.4 is 10.6 Å². The molecule has 0 aliphatic carbocycles. The van der Waals surface area contributed by atoms with E-state index in [1.807, 2.05) is 17.0 Å². The molecule has 2 N–H and O–H groups in total. The van der Waals surface area contributed by atoms with E-state index in [0.717, 1.165) is 12.8 Å². The summed E-state index contributed by atoms with van der Waals surface area (Å²) < 4.78 is 5.65. The lowest BCUT2D eigenvalue weighted by atomic mass is 9.95. The molecular weight excluding hydrogens is 444 g/mol. The summed E-state index contributed by atoms with van der Waals surface area (Å²) in [4.78, 5) is 44.0. The van der Waals surface area contributed by atoms with Crippen LogP contribution in [-0.2, 0) is 9.59 Å². The van der Waals surface area contributed by atoms with Crippen LogP contribution in [0.25, 0.3) is 11.0 Å². The van der Waals surface area contributed by atoms with Crippen molar-refractivity contribution in [1.82, 2.24) is 9.88 Å². The Kier molecular flexibility index (Phi) is 6.76. The van der Waals surface area contributed by atoms with E-state index in [4.69, 9.17) is 16.0 Å². The molecule has 2 aromatic heterocycles. The fourth-order valence-corrected chi connectivity index (χ4v) is 4.17. The lowest BCUT2D eigenvalue weighted by molar-refractivity contribution is -0.125. The first-order valence-corrected chi connectivity index (χ1v) is 11.2. The number of likely N-dealkylation sites (tertiary alicyclic amines) is 1. The number of ketones is 1. The number of para-hydroxylation sites is 1. The summed E-state index contributed by atoms with van der Waals surface area (Å²) in [7, 11) is 0. The molecule has 2 atom stereocenters. The monoisotopic (exact) mass is 468 g/mol. The van der Waals surface area contributed by atoms with E-state index in [0.29, 0.717) is 40.6 Å². The molecule has 0 spiro atoms. The number of anilines is 2. The first-order chi connectivity index (χ1) is 15.8. The van der Waals surface area contributed by atoms with Crippen LogP contribution in [0.3, 0.4) is 0 Å². The van der Waals surface area contributed by atoms with Crippen LogP contribution in [0.15, 0.2) is 47.0 Å². The van der Waals surface area contributed by atoms with Gasteiger partial charge < -0.3 is 15.1 Å². The fraction of sp³-hybridized carbons (Fsp3) is 0.333. The van der Waals surface area contributed by atoms with Crippen molar-refractivity contribution in [2.75, 3.05) is 23.7 Å². The van der Waals surface area contributed by atoms with Crippen LogP contribution in [0.1, 0.15) is 37.2 Å². The number of piperidine rings is 1. The number of furan rings is 1. The summed E-state index contributed by atoms with van der Waals surface area (Å²) in [5.41, 5.74) is 0.922. The second-order valence-electron chi connectivity index (χ2n) is 8.21. The number of amides is 2. The van der Waals surface area contributed by atoms with E-state index in [-0.39, 0.29) is 29.3 Å². The summed E-state index contributed by atoms with van der Waals surface area (Å²) in [5.74, 6) is -0.362. The van der Waals surface area contributed by atoms with E-state index in [1.165, 1.54) is 13.1 Å². The average Bonchev–Trinajstić information content (AvgIpc) is 3.19. The predicted octanol–water partition coefficient (Wildman–Crippen LogP) is 4.36. The number of aromatic nitrogens is 1. The molecule has 0 saturated carbocycles. The van der Waals surface area contributed by atoms with Crippen LogP contribution in [0.2, 0.25) is 5.02 Å². The van der Waals surface area contributed by atoms with E-state index in [9.17, 15) is 14.4 Å². The van der Waals surface area contributed by atoms with Gasteiger partial charge in [-0.2, -0.15) is 0 Å². The third kappa shape index (κ3) is 5.07. The Morgan fingerprint density at radius 2 is 1.97 bits per heavy atom. The summed E-state index contributed by atoms with van der Waals surface area (Å²) >= 11 is 5.85. The zero-order valence-electron chi connectivity index (χ0n) is 18.4. The van der Waals surface area contributed by atoms with Crippen molar-refractivity contribution in [2.24, 2.45) is 5.92 Å². The molecule has 8 nitrogen and oxygen atoms in total. The highest BCUT2D eigenvalue weighted by Gasteiger charge is 2.32. The van der Waals surface area contributed by atoms with Crippen molar-refractivity contribution < 1.29 is 18.8 Å². The largest absolute Gasteiger partial charge is 0.451 e. The second kappa shape index (κ2) is 9.72. The minimum atomic E-state index is -0.497. The van der Waals surface area contributed by atoms with E-state index >= 15 is 0 Å². The molecular formula is C24H25ClN4O4. The molecule has 1 saturated heterocycles. The molecule has 1 aromatic carbocycles. The average molecular weight is 469 g/mol. The predicted molar refractivity (Wildman–Crippen MR) is 126 cm³/mol. The molecule has 3 heterocycles. The minimum Gasteiger partial charge on any atom is -0.451 e. The van der Waals surface area contributed by atoms with Gasteiger partial charge in [0, 0.05) is 25.1 Å². The molecule has 0 bridgehead atoms. The number of halogens is 1. The van der Waals surface area contributed by atoms with Crippen LogP contribution in [0.4, 0.5) is 11.5 Å². The van der Waals surface area contributed by atoms with Gasteiger partial charge in [0.25, 0.3) is 0 Å². The molecule has 172 valence electrons. The topological polar surface area (TPSA) is 105 Å². The molecule has 1 fully saturated rings. The van der Waals surface area contributed by atoms with Gasteiger partial charge in [-0.1, -0.05) is 23.7 Å². The van der Waals surface area contributed by atoms with Gasteiger partial charge in [-0.05, 0) is 50.6 Å². The highest BCUT2D eigenvalue weighted by Crippen LogP contribution is 2.31. The number of pyridine rings is 1. The van der Waals surface area contributed by atoms with Crippen molar-refractivity contribution >= 4 is 51.7 Å². The second-order valence-corrected chi connectivity index (χ2v) is 8.65. The van der Waals surface area contributed by atoms with Gasteiger partial charge in [0.2, 0.25) is 11.8 Å². The van der Waals surface area contributed by atoms with Gasteiger partial charge in [0.15, 0.2) is 11.5 Å². The van der Waals surface area contributed by atoms with E-state index < -0.39 is 6.04 Å². The Morgan fingerprint density at radius 3 is 2.70 bits per heavy atom. The Balaban J connectivity index is 1.44. The van der Waals surface area contributed by atoms with Crippen LogP contribution >= 0.6 is 11.6 Å². The molecule has 2 unspecified atom stereocenters. The van der Waals surface area contributed by atoms with Gasteiger partial charge in [0.05, 0.1) is 22.7 Å². The van der Waals surface area contributed by atoms with Crippen molar-refractivity contribution in [1.29, 1.82) is 0 Å². The Labute approximate surface area is 196 Å². The van der Waals surface area contributed by atoms with E-state index in [1.54, 1.807) is 31.2 Å². The van der Waals surface area contributed by atoms with Gasteiger partial charge in [0.1, 0.15) is 11.4 Å². The Morgan fingerprint density at radius 1 is 1.18 bits per heavy atom. The summed E-state index contributed by atoms with van der Waals surface area (Å²) in [6, 6.07) is 10.0. The summed E-state index contributed by atoms with van der Waals surface area (Å²) in [6.07, 6.45) is 2.99. The zero-order chi connectivity index (χ0) is 23.5. The van der Waals surface area contributed by atoms with E-state index in [2.05, 4.69) is 15.6 Å². The molecule has 2 amide bonds. The van der Waals surface area contributed by atoms with Crippen molar-refractivity contribution in [3.05, 3.63) is 53.4 Å². The van der Waals surface area contributed by atoms with Crippen LogP contribution in [-0.4, -0.2) is 46.6 Å². The fourth-order valence-electron chi connectivity index (χ4n) is 4.06. The molecule has 1 aliphatic heterocycles. The molecule has 33 heavy (non-hydrogen) atoms. The number of carbonyl (C=O) groups is 3. The molecule has 1 aliphatic rings. The maximum Gasteiger partial charge on any atom is 0.241 e. The minimum absolute atomic E-state index is 0.128. The standard InChI is InChI=1S/C24H25ClN4O4/c1-14(23(31)28-21-18-7-3-4-8-19(18)33-22(21)15(2)30)29-11-5-6-16(13-29)24(32)27-20-10-9-17(25)12-26-20/h3-4,7-10,12,14,16H,5-6,11,13H2,1-2H3,(H,28,31)(H,26,27,32). The van der Waals surface area contributed by atoms with Crippen molar-refractivity contribution in [2.45, 2.75) is 32.7 Å². The number of hydrogen-bond acceptors (Lipinski definition) is 6. The normalized spacial score (nSPS) is 17.5. The SMILES string of the molecule is CC(=O)c1oc2ccccc2c1NC(=O)C(C)N1CCCC(C(=O)Nc2ccc(Cl)cn2)C1. The number of nitrogens with one attached hydrogen (secondary N) is 2. The Bertz CT molecular complexity index is 1190. The number of hydrogen-bond donors (Lipinski definition) is 2. The van der Waals surface area contributed by atoms with Gasteiger partial charge in [-0.25, -0.2) is 4.98 Å². The molecule has 4 rings (SSSR count). The summed E-state index contributed by atoms with van der Waals surface area (Å²) in [6.45, 7) is 4.34. The third-order valence-corrected chi connectivity index (χ3v) is 6.12. The quantitative estimate of drug-likeness (QED) is 0.521. The zero-order valence-corrected chi connectivity index (χ0v) is 19.2. The number of nitrogens with zero attached hydrogens (tertiary/aromatic N) is 2. The van der Waals surface area contributed by atoms with Crippen molar-refractivity contribution in [3.8, 4) is 0 Å². The lowest BCUT2D eigenvalue weighted by Crippen LogP contribution is -2.49. The highest BCUT2D eigenvalue weighted by molar-refractivity contribution is 6.30. The van der Waals surface area contributed by atoms with Gasteiger partial charge >= 0.3 is 0 Å². The first kappa shape index (κ1) is 22.9. The maximum atomic E-state index is 13.1. The third-order valence-electron chi connectivity index (χ3n) is 5.89. The lowest BCUT2D eigenvalue weighted by Gasteiger charge is -2.35. The highest BCUT2D eigenvalue weighted by atomic mass is 35.5. The molecule has 9 heteroatoms. The van der Waals surface area contributed by atoms with Crippen molar-refractivity contribution in [3.63, 3.8) is 0 Å². The number of Topliss-reactive ketones (excluding diaryl/α,β-unsaturated/α-hetero) is 1. The van der Waals surface area contributed by atoms with Crippen LogP contribution in [0, 0.1) is 5.92 Å². The number of benzene rings is 1. The first-order valence-electron chi connectivity index (χ1n) is 10.8. The molecule has 0 radical (unpaired) electrons. The maximum absolute atomic E-state index is 13.1. The smallest absolute Gasteiger partial charge is 0.241 e. The number of fused-ring (bicyclic) bond motifs is 1.